The largest absolute Gasteiger partial charge is 0.494 e. The first-order chi connectivity index (χ1) is 13.9. The van der Waals surface area contributed by atoms with Crippen molar-refractivity contribution >= 4 is 23.2 Å². The molecule has 2 N–H and O–H groups in total. The zero-order chi connectivity index (χ0) is 20.9. The first-order valence-corrected chi connectivity index (χ1v) is 9.59. The van der Waals surface area contributed by atoms with E-state index in [-0.39, 0.29) is 11.3 Å². The van der Waals surface area contributed by atoms with Gasteiger partial charge >= 0.3 is 0 Å². The fourth-order valence-electron chi connectivity index (χ4n) is 2.88. The van der Waals surface area contributed by atoms with Crippen LogP contribution in [0.3, 0.4) is 0 Å². The number of carbonyl (C=O) groups is 1. The number of anilines is 3. The smallest absolute Gasteiger partial charge is 0.258 e. The van der Waals surface area contributed by atoms with Crippen molar-refractivity contribution in [3.8, 4) is 5.75 Å². The molecule has 29 heavy (non-hydrogen) atoms. The van der Waals surface area contributed by atoms with Gasteiger partial charge in [0.15, 0.2) is 0 Å². The van der Waals surface area contributed by atoms with Crippen LogP contribution in [0.4, 0.5) is 17.3 Å². The summed E-state index contributed by atoms with van der Waals surface area (Å²) in [6.45, 7) is 8.91. The van der Waals surface area contributed by atoms with Gasteiger partial charge in [-0.15, -0.1) is 0 Å². The third-order valence-corrected chi connectivity index (χ3v) is 4.32. The molecule has 0 saturated carbocycles. The molecule has 1 heterocycles. The molecule has 0 atom stereocenters. The Hall–Kier alpha value is -3.41. The average Bonchev–Trinajstić information content (AvgIpc) is 2.70. The summed E-state index contributed by atoms with van der Waals surface area (Å²) in [6.07, 6.45) is 3.03. The molecule has 6 heteroatoms. The van der Waals surface area contributed by atoms with Crippen molar-refractivity contribution in [3.63, 3.8) is 0 Å². The van der Waals surface area contributed by atoms with Crippen LogP contribution in [0.5, 0.6) is 5.75 Å². The van der Waals surface area contributed by atoms with Crippen molar-refractivity contribution in [1.29, 1.82) is 0 Å². The van der Waals surface area contributed by atoms with Gasteiger partial charge in [0.25, 0.3) is 5.91 Å². The number of para-hydroxylation sites is 1. The molecule has 0 fully saturated rings. The van der Waals surface area contributed by atoms with Gasteiger partial charge in [-0.05, 0) is 48.2 Å². The minimum Gasteiger partial charge on any atom is -0.494 e. The maximum absolute atomic E-state index is 12.6. The maximum Gasteiger partial charge on any atom is 0.258 e. The van der Waals surface area contributed by atoms with Crippen molar-refractivity contribution in [1.82, 2.24) is 9.97 Å². The molecule has 3 rings (SSSR count). The number of hydrogen-bond acceptors (Lipinski definition) is 5. The molecule has 0 bridgehead atoms. The van der Waals surface area contributed by atoms with Crippen LogP contribution in [0.1, 0.15) is 43.6 Å². The highest BCUT2D eigenvalue weighted by molar-refractivity contribution is 6.04. The predicted octanol–water partition coefficient (Wildman–Crippen LogP) is 5.17. The third-order valence-electron chi connectivity index (χ3n) is 4.32. The zero-order valence-corrected chi connectivity index (χ0v) is 17.2. The van der Waals surface area contributed by atoms with Crippen LogP contribution >= 0.6 is 0 Å². The number of hydrogen-bond donors (Lipinski definition) is 2. The molecular formula is C23H26N4O2. The number of ether oxygens (including phenoxy) is 1. The number of aromatic nitrogens is 2. The van der Waals surface area contributed by atoms with E-state index in [0.29, 0.717) is 18.1 Å². The first-order valence-electron chi connectivity index (χ1n) is 9.59. The highest BCUT2D eigenvalue weighted by Gasteiger charge is 2.19. The van der Waals surface area contributed by atoms with E-state index in [1.165, 1.54) is 12.4 Å². The minimum atomic E-state index is -0.241. The van der Waals surface area contributed by atoms with Crippen LogP contribution in [0.15, 0.2) is 60.9 Å². The number of nitrogens with one attached hydrogen (secondary N) is 2. The van der Waals surface area contributed by atoms with E-state index in [9.17, 15) is 4.79 Å². The van der Waals surface area contributed by atoms with Crippen molar-refractivity contribution in [2.75, 3.05) is 17.2 Å². The quantitative estimate of drug-likeness (QED) is 0.607. The van der Waals surface area contributed by atoms with Gasteiger partial charge < -0.3 is 15.4 Å². The summed E-state index contributed by atoms with van der Waals surface area (Å²) in [5.41, 5.74) is 3.02. The Balaban J connectivity index is 1.68. The number of nitrogens with zero attached hydrogens (tertiary/aromatic N) is 2. The number of benzene rings is 2. The molecule has 1 amide bonds. The van der Waals surface area contributed by atoms with E-state index in [2.05, 4.69) is 41.4 Å². The van der Waals surface area contributed by atoms with Gasteiger partial charge in [-0.3, -0.25) is 4.79 Å². The Morgan fingerprint density at radius 2 is 1.66 bits per heavy atom. The molecule has 0 saturated heterocycles. The third kappa shape index (κ3) is 5.31. The highest BCUT2D eigenvalue weighted by atomic mass is 16.5. The summed E-state index contributed by atoms with van der Waals surface area (Å²) < 4.78 is 5.43. The Bertz CT molecular complexity index is 961. The second-order valence-electron chi connectivity index (χ2n) is 7.63. The molecule has 0 unspecified atom stereocenters. The molecule has 2 aromatic carbocycles. The monoisotopic (exact) mass is 390 g/mol. The predicted molar refractivity (Wildman–Crippen MR) is 116 cm³/mol. The molecule has 150 valence electrons. The van der Waals surface area contributed by atoms with Gasteiger partial charge in [-0.25, -0.2) is 9.97 Å². The molecule has 0 aliphatic heterocycles. The molecule has 1 aromatic heterocycles. The van der Waals surface area contributed by atoms with E-state index in [1.807, 2.05) is 55.5 Å². The lowest BCUT2D eigenvalue weighted by Crippen LogP contribution is -2.19. The lowest BCUT2D eigenvalue weighted by Gasteiger charge is -2.22. The van der Waals surface area contributed by atoms with Crippen LogP contribution in [0.25, 0.3) is 0 Å². The molecule has 0 spiro atoms. The second-order valence-corrected chi connectivity index (χ2v) is 7.63. The van der Waals surface area contributed by atoms with Gasteiger partial charge in [0.05, 0.1) is 12.2 Å². The first kappa shape index (κ1) is 20.3. The van der Waals surface area contributed by atoms with E-state index < -0.39 is 0 Å². The van der Waals surface area contributed by atoms with Gasteiger partial charge in [0, 0.05) is 23.8 Å². The second kappa shape index (κ2) is 8.73. The van der Waals surface area contributed by atoms with E-state index >= 15 is 0 Å². The minimum absolute atomic E-state index is 0.0775. The SMILES string of the molecule is CCOc1ccc(Nc2ncc(C(=O)Nc3ccccc3C(C)(C)C)cn2)cc1. The lowest BCUT2D eigenvalue weighted by atomic mass is 9.86. The summed E-state index contributed by atoms with van der Waals surface area (Å²) in [5, 5.41) is 6.08. The van der Waals surface area contributed by atoms with Crippen LogP contribution < -0.4 is 15.4 Å². The summed E-state index contributed by atoms with van der Waals surface area (Å²) in [5.74, 6) is 0.983. The van der Waals surface area contributed by atoms with Gasteiger partial charge in [-0.1, -0.05) is 39.0 Å². The van der Waals surface area contributed by atoms with Crippen molar-refractivity contribution in [3.05, 3.63) is 72.1 Å². The molecule has 0 aliphatic carbocycles. The Labute approximate surface area is 171 Å². The summed E-state index contributed by atoms with van der Waals surface area (Å²) in [7, 11) is 0. The molecule has 0 radical (unpaired) electrons. The Morgan fingerprint density at radius 1 is 1.00 bits per heavy atom. The standard InChI is InChI=1S/C23H26N4O2/c1-5-29-18-12-10-17(11-13-18)26-22-24-14-16(15-25-22)21(28)27-20-9-7-6-8-19(20)23(2,3)4/h6-15H,5H2,1-4H3,(H,27,28)(H,24,25,26). The van der Waals surface area contributed by atoms with Crippen molar-refractivity contribution in [2.24, 2.45) is 0 Å². The normalized spacial score (nSPS) is 11.0. The number of amides is 1. The Morgan fingerprint density at radius 3 is 2.28 bits per heavy atom. The van der Waals surface area contributed by atoms with E-state index in [1.54, 1.807) is 0 Å². The topological polar surface area (TPSA) is 76.1 Å². The Kier molecular flexibility index (Phi) is 6.12. The number of carbonyl (C=O) groups excluding carboxylic acids is 1. The van der Waals surface area contributed by atoms with Gasteiger partial charge in [-0.2, -0.15) is 0 Å². The zero-order valence-electron chi connectivity index (χ0n) is 17.2. The van der Waals surface area contributed by atoms with Crippen LogP contribution in [0, 0.1) is 0 Å². The summed E-state index contributed by atoms with van der Waals surface area (Å²) in [6, 6.07) is 15.3. The van der Waals surface area contributed by atoms with E-state index in [4.69, 9.17) is 4.74 Å². The van der Waals surface area contributed by atoms with Gasteiger partial charge in [0.2, 0.25) is 5.95 Å². The van der Waals surface area contributed by atoms with Gasteiger partial charge in [0.1, 0.15) is 5.75 Å². The summed E-state index contributed by atoms with van der Waals surface area (Å²) >= 11 is 0. The fraction of sp³-hybridized carbons (Fsp3) is 0.261. The fourth-order valence-corrected chi connectivity index (χ4v) is 2.88. The lowest BCUT2D eigenvalue weighted by molar-refractivity contribution is 0.102. The van der Waals surface area contributed by atoms with Crippen molar-refractivity contribution in [2.45, 2.75) is 33.1 Å². The maximum atomic E-state index is 12.6. The van der Waals surface area contributed by atoms with Crippen molar-refractivity contribution < 1.29 is 9.53 Å². The van der Waals surface area contributed by atoms with E-state index in [0.717, 1.165) is 22.7 Å². The molecule has 3 aromatic rings. The van der Waals surface area contributed by atoms with Crippen LogP contribution in [-0.4, -0.2) is 22.5 Å². The molecule has 6 nitrogen and oxygen atoms in total. The highest BCUT2D eigenvalue weighted by Crippen LogP contribution is 2.29. The summed E-state index contributed by atoms with van der Waals surface area (Å²) in [4.78, 5) is 21.1. The molecule has 0 aliphatic rings. The van der Waals surface area contributed by atoms with Crippen LogP contribution in [0.2, 0.25) is 0 Å². The number of rotatable bonds is 6. The van der Waals surface area contributed by atoms with Crippen LogP contribution in [-0.2, 0) is 5.41 Å². The average molecular weight is 390 g/mol. The molecular weight excluding hydrogens is 364 g/mol.